The van der Waals surface area contributed by atoms with E-state index in [-0.39, 0.29) is 18.5 Å². The van der Waals surface area contributed by atoms with Crippen molar-refractivity contribution in [3.8, 4) is 22.6 Å². The Morgan fingerprint density at radius 3 is 2.61 bits per heavy atom. The molecule has 0 bridgehead atoms. The van der Waals surface area contributed by atoms with Crippen LogP contribution in [-0.4, -0.2) is 25.3 Å². The van der Waals surface area contributed by atoms with Gasteiger partial charge in [0.25, 0.3) is 5.91 Å². The fraction of sp³-hybridized carbons (Fsp3) is 0.240. The van der Waals surface area contributed by atoms with Crippen molar-refractivity contribution >= 4 is 5.91 Å². The zero-order valence-corrected chi connectivity index (χ0v) is 17.3. The van der Waals surface area contributed by atoms with Gasteiger partial charge in [-0.3, -0.25) is 4.79 Å². The molecule has 1 atom stereocenters. The van der Waals surface area contributed by atoms with Crippen molar-refractivity contribution in [2.75, 3.05) is 13.3 Å². The lowest BCUT2D eigenvalue weighted by atomic mass is 10.1. The summed E-state index contributed by atoms with van der Waals surface area (Å²) in [5.74, 6) is 0.686. The van der Waals surface area contributed by atoms with Gasteiger partial charge in [0.2, 0.25) is 0 Å². The molecular weight excluding hydrogens is 397 g/mol. The van der Waals surface area contributed by atoms with Crippen LogP contribution in [0.5, 0.6) is 11.5 Å². The first-order valence-corrected chi connectivity index (χ1v) is 10.2. The lowest BCUT2D eigenvalue weighted by Crippen LogP contribution is -2.37. The molecule has 160 valence electrons. The lowest BCUT2D eigenvalue weighted by molar-refractivity contribution is -0.127. The van der Waals surface area contributed by atoms with E-state index >= 15 is 0 Å². The molecule has 5 nitrogen and oxygen atoms in total. The van der Waals surface area contributed by atoms with Gasteiger partial charge in [-0.15, -0.1) is 0 Å². The molecule has 4 rings (SSSR count). The van der Waals surface area contributed by atoms with Gasteiger partial charge in [-0.2, -0.15) is 0 Å². The lowest BCUT2D eigenvalue weighted by Gasteiger charge is -2.21. The molecule has 0 spiro atoms. The standard InChI is InChI=1S/C25H24FNO4/c1-17(31-23-9-7-19(8-10-23)18-5-3-2-4-6-18)25(28)27-12-11-20-13-22(26)14-21-15-29-16-30-24(20)21/h2-10,13-14,17H,11-12,15-16H2,1H3,(H,27,28). The van der Waals surface area contributed by atoms with Crippen LogP contribution in [0.25, 0.3) is 11.1 Å². The second-order valence-electron chi connectivity index (χ2n) is 7.36. The number of nitrogens with one attached hydrogen (secondary N) is 1. The average Bonchev–Trinajstić information content (AvgIpc) is 2.80. The number of hydrogen-bond donors (Lipinski definition) is 1. The summed E-state index contributed by atoms with van der Waals surface area (Å²) in [7, 11) is 0. The monoisotopic (exact) mass is 421 g/mol. The van der Waals surface area contributed by atoms with Gasteiger partial charge in [-0.25, -0.2) is 4.39 Å². The first kappa shape index (κ1) is 20.9. The van der Waals surface area contributed by atoms with Crippen molar-refractivity contribution in [3.63, 3.8) is 0 Å². The van der Waals surface area contributed by atoms with E-state index in [0.717, 1.165) is 11.1 Å². The summed E-state index contributed by atoms with van der Waals surface area (Å²) in [6, 6.07) is 20.5. The van der Waals surface area contributed by atoms with Gasteiger partial charge in [0.1, 0.15) is 17.3 Å². The minimum atomic E-state index is -0.659. The largest absolute Gasteiger partial charge is 0.481 e. The molecule has 1 aliphatic heterocycles. The summed E-state index contributed by atoms with van der Waals surface area (Å²) >= 11 is 0. The van der Waals surface area contributed by atoms with Crippen molar-refractivity contribution < 1.29 is 23.4 Å². The summed E-state index contributed by atoms with van der Waals surface area (Å²) in [6.07, 6.45) is -0.210. The minimum absolute atomic E-state index is 0.145. The van der Waals surface area contributed by atoms with Crippen LogP contribution in [0.15, 0.2) is 66.7 Å². The Labute approximate surface area is 180 Å². The summed E-state index contributed by atoms with van der Waals surface area (Å²) in [5.41, 5.74) is 3.60. The van der Waals surface area contributed by atoms with E-state index in [2.05, 4.69) is 5.32 Å². The van der Waals surface area contributed by atoms with Crippen LogP contribution < -0.4 is 14.8 Å². The van der Waals surface area contributed by atoms with Crippen LogP contribution in [0.3, 0.4) is 0 Å². The molecule has 0 saturated heterocycles. The number of amides is 1. The van der Waals surface area contributed by atoms with Crippen LogP contribution in [0.2, 0.25) is 0 Å². The molecule has 31 heavy (non-hydrogen) atoms. The molecule has 1 unspecified atom stereocenters. The summed E-state index contributed by atoms with van der Waals surface area (Å²) in [5, 5.41) is 2.84. The molecule has 1 amide bonds. The Hall–Kier alpha value is -3.38. The number of carbonyl (C=O) groups excluding carboxylic acids is 1. The Morgan fingerprint density at radius 2 is 1.84 bits per heavy atom. The van der Waals surface area contributed by atoms with Crippen LogP contribution in [0.4, 0.5) is 4.39 Å². The number of fused-ring (bicyclic) bond motifs is 1. The second kappa shape index (κ2) is 9.62. The van der Waals surface area contributed by atoms with Crippen molar-refractivity contribution in [2.24, 2.45) is 0 Å². The van der Waals surface area contributed by atoms with Crippen molar-refractivity contribution in [1.82, 2.24) is 5.32 Å². The number of hydrogen-bond acceptors (Lipinski definition) is 4. The van der Waals surface area contributed by atoms with Gasteiger partial charge in [0.15, 0.2) is 12.9 Å². The Kier molecular flexibility index (Phi) is 6.48. The molecule has 0 saturated carbocycles. The molecule has 1 aliphatic rings. The summed E-state index contributed by atoms with van der Waals surface area (Å²) in [6.45, 7) is 2.51. The molecule has 0 aliphatic carbocycles. The van der Waals surface area contributed by atoms with E-state index in [0.29, 0.717) is 42.2 Å². The molecule has 6 heteroatoms. The van der Waals surface area contributed by atoms with Gasteiger partial charge in [-0.05, 0) is 54.3 Å². The summed E-state index contributed by atoms with van der Waals surface area (Å²) in [4.78, 5) is 12.4. The highest BCUT2D eigenvalue weighted by atomic mass is 19.1. The van der Waals surface area contributed by atoms with Gasteiger partial charge < -0.3 is 19.5 Å². The Balaban J connectivity index is 1.30. The van der Waals surface area contributed by atoms with Crippen LogP contribution in [0, 0.1) is 5.82 Å². The van der Waals surface area contributed by atoms with Gasteiger partial charge >= 0.3 is 0 Å². The fourth-order valence-corrected chi connectivity index (χ4v) is 3.52. The third-order valence-corrected chi connectivity index (χ3v) is 5.09. The number of ether oxygens (including phenoxy) is 3. The molecular formula is C25H24FNO4. The van der Waals surface area contributed by atoms with Gasteiger partial charge in [0.05, 0.1) is 6.61 Å². The van der Waals surface area contributed by atoms with Crippen molar-refractivity contribution in [2.45, 2.75) is 26.1 Å². The van der Waals surface area contributed by atoms with Crippen LogP contribution in [-0.2, 0) is 22.6 Å². The van der Waals surface area contributed by atoms with E-state index in [1.165, 1.54) is 12.1 Å². The van der Waals surface area contributed by atoms with Crippen molar-refractivity contribution in [1.29, 1.82) is 0 Å². The predicted molar refractivity (Wildman–Crippen MR) is 115 cm³/mol. The highest BCUT2D eigenvalue weighted by Crippen LogP contribution is 2.29. The third-order valence-electron chi connectivity index (χ3n) is 5.09. The molecule has 3 aromatic carbocycles. The van der Waals surface area contributed by atoms with Crippen LogP contribution >= 0.6 is 0 Å². The van der Waals surface area contributed by atoms with Crippen LogP contribution in [0.1, 0.15) is 18.1 Å². The predicted octanol–water partition coefficient (Wildman–Crippen LogP) is 4.49. The number of rotatable bonds is 7. The third kappa shape index (κ3) is 5.22. The van der Waals surface area contributed by atoms with Gasteiger partial charge in [-0.1, -0.05) is 42.5 Å². The topological polar surface area (TPSA) is 56.8 Å². The summed E-state index contributed by atoms with van der Waals surface area (Å²) < 4.78 is 30.3. The zero-order chi connectivity index (χ0) is 21.6. The first-order valence-electron chi connectivity index (χ1n) is 10.2. The maximum absolute atomic E-state index is 13.8. The maximum atomic E-state index is 13.8. The molecule has 1 N–H and O–H groups in total. The average molecular weight is 421 g/mol. The van der Waals surface area contributed by atoms with E-state index in [9.17, 15) is 9.18 Å². The minimum Gasteiger partial charge on any atom is -0.481 e. The smallest absolute Gasteiger partial charge is 0.260 e. The Bertz CT molecular complexity index is 1040. The fourth-order valence-electron chi connectivity index (χ4n) is 3.52. The van der Waals surface area contributed by atoms with Crippen molar-refractivity contribution in [3.05, 3.63) is 83.7 Å². The zero-order valence-electron chi connectivity index (χ0n) is 17.3. The molecule has 0 aromatic heterocycles. The Morgan fingerprint density at radius 1 is 1.10 bits per heavy atom. The van der Waals surface area contributed by atoms with E-state index in [4.69, 9.17) is 14.2 Å². The molecule has 1 heterocycles. The second-order valence-corrected chi connectivity index (χ2v) is 7.36. The number of benzene rings is 3. The maximum Gasteiger partial charge on any atom is 0.260 e. The highest BCUT2D eigenvalue weighted by molar-refractivity contribution is 5.80. The van der Waals surface area contributed by atoms with E-state index in [1.807, 2.05) is 54.6 Å². The highest BCUT2D eigenvalue weighted by Gasteiger charge is 2.18. The number of halogens is 1. The number of carbonyl (C=O) groups is 1. The molecule has 0 radical (unpaired) electrons. The van der Waals surface area contributed by atoms with Gasteiger partial charge in [0, 0.05) is 12.1 Å². The molecule has 3 aromatic rings. The van der Waals surface area contributed by atoms with E-state index < -0.39 is 6.10 Å². The van der Waals surface area contributed by atoms with E-state index in [1.54, 1.807) is 6.92 Å². The normalized spacial score (nSPS) is 13.6. The quantitative estimate of drug-likeness (QED) is 0.611. The SMILES string of the molecule is CC(Oc1ccc(-c2ccccc2)cc1)C(=O)NCCc1cc(F)cc2c1OCOC2. The first-order chi connectivity index (χ1) is 15.1. The molecule has 0 fully saturated rings.